The zero-order chi connectivity index (χ0) is 11.8. The number of unbranched alkanes of at least 4 members (excludes halogenated alkanes) is 2. The normalized spacial score (nSPS) is 9.88. The Hall–Kier alpha value is -1.51. The van der Waals surface area contributed by atoms with Crippen LogP contribution in [0.25, 0.3) is 0 Å². The summed E-state index contributed by atoms with van der Waals surface area (Å²) in [6.45, 7) is 2.19. The van der Waals surface area contributed by atoms with Crippen LogP contribution in [-0.4, -0.2) is 13.3 Å². The fourth-order valence-corrected chi connectivity index (χ4v) is 1.44. The molecule has 0 saturated heterocycles. The van der Waals surface area contributed by atoms with Crippen molar-refractivity contribution in [1.29, 1.82) is 0 Å². The molecule has 1 aromatic rings. The Bertz CT molecular complexity index is 316. The monoisotopic (exact) mass is 222 g/mol. The standard InChI is InChI=1S/C13H18O3/c1-3-4-5-6-11-7-9-12(10-8-11)16-13(14)15-2/h7-10H,3-6H2,1-2H3. The van der Waals surface area contributed by atoms with Crippen molar-refractivity contribution in [3.05, 3.63) is 29.8 Å². The first-order valence-corrected chi connectivity index (χ1v) is 5.61. The first-order chi connectivity index (χ1) is 7.76. The van der Waals surface area contributed by atoms with Gasteiger partial charge in [0, 0.05) is 0 Å². The van der Waals surface area contributed by atoms with Gasteiger partial charge < -0.3 is 9.47 Å². The summed E-state index contributed by atoms with van der Waals surface area (Å²) in [4.78, 5) is 10.8. The molecular weight excluding hydrogens is 204 g/mol. The van der Waals surface area contributed by atoms with Crippen molar-refractivity contribution in [2.75, 3.05) is 7.11 Å². The molecule has 0 aromatic heterocycles. The molecule has 3 heteroatoms. The van der Waals surface area contributed by atoms with E-state index in [1.54, 1.807) is 12.1 Å². The predicted octanol–water partition coefficient (Wildman–Crippen LogP) is 3.56. The lowest BCUT2D eigenvalue weighted by Crippen LogP contribution is -2.07. The first-order valence-electron chi connectivity index (χ1n) is 5.61. The molecule has 0 aliphatic heterocycles. The third-order valence-corrected chi connectivity index (χ3v) is 2.36. The van der Waals surface area contributed by atoms with Gasteiger partial charge in [0.1, 0.15) is 5.75 Å². The Kier molecular flexibility index (Phi) is 5.40. The molecule has 0 amide bonds. The lowest BCUT2D eigenvalue weighted by atomic mass is 10.1. The van der Waals surface area contributed by atoms with Gasteiger partial charge in [-0.15, -0.1) is 0 Å². The summed E-state index contributed by atoms with van der Waals surface area (Å²) in [6.07, 6.45) is 4.07. The lowest BCUT2D eigenvalue weighted by molar-refractivity contribution is 0.121. The highest BCUT2D eigenvalue weighted by molar-refractivity contribution is 5.63. The van der Waals surface area contributed by atoms with Crippen LogP contribution in [0, 0.1) is 0 Å². The summed E-state index contributed by atoms with van der Waals surface area (Å²) in [5.41, 5.74) is 1.27. The van der Waals surface area contributed by atoms with Crippen LogP contribution in [0.15, 0.2) is 24.3 Å². The van der Waals surface area contributed by atoms with Crippen LogP contribution in [-0.2, 0) is 11.2 Å². The number of methoxy groups -OCH3 is 1. The van der Waals surface area contributed by atoms with Gasteiger partial charge in [0.05, 0.1) is 7.11 Å². The molecule has 0 radical (unpaired) electrons. The molecule has 88 valence electrons. The highest BCUT2D eigenvalue weighted by Crippen LogP contribution is 2.14. The summed E-state index contributed by atoms with van der Waals surface area (Å²) < 4.78 is 9.29. The van der Waals surface area contributed by atoms with Crippen LogP contribution < -0.4 is 4.74 Å². The molecule has 0 aliphatic carbocycles. The van der Waals surface area contributed by atoms with Gasteiger partial charge in [0.25, 0.3) is 0 Å². The van der Waals surface area contributed by atoms with E-state index in [1.807, 2.05) is 12.1 Å². The highest BCUT2D eigenvalue weighted by atomic mass is 16.7. The molecule has 0 unspecified atom stereocenters. The fraction of sp³-hybridized carbons (Fsp3) is 0.462. The molecular formula is C13H18O3. The number of benzene rings is 1. The minimum absolute atomic E-state index is 0.520. The van der Waals surface area contributed by atoms with Gasteiger partial charge in [0.15, 0.2) is 0 Å². The number of aryl methyl sites for hydroxylation is 1. The molecule has 16 heavy (non-hydrogen) atoms. The number of carbonyl (C=O) groups excluding carboxylic acids is 1. The Morgan fingerprint density at radius 3 is 2.44 bits per heavy atom. The molecule has 0 saturated carbocycles. The van der Waals surface area contributed by atoms with Crippen molar-refractivity contribution in [3.8, 4) is 5.75 Å². The maximum atomic E-state index is 10.8. The number of hydrogen-bond donors (Lipinski definition) is 0. The smallest absolute Gasteiger partial charge is 0.437 e. The topological polar surface area (TPSA) is 35.5 Å². The average Bonchev–Trinajstić information content (AvgIpc) is 2.31. The van der Waals surface area contributed by atoms with Crippen LogP contribution in [0.4, 0.5) is 4.79 Å². The van der Waals surface area contributed by atoms with Gasteiger partial charge in [-0.05, 0) is 30.5 Å². The highest BCUT2D eigenvalue weighted by Gasteiger charge is 2.02. The van der Waals surface area contributed by atoms with Crippen LogP contribution in [0.5, 0.6) is 5.75 Å². The molecule has 1 aromatic carbocycles. The molecule has 1 rings (SSSR count). The van der Waals surface area contributed by atoms with E-state index in [2.05, 4.69) is 11.7 Å². The van der Waals surface area contributed by atoms with Crippen molar-refractivity contribution in [1.82, 2.24) is 0 Å². The Labute approximate surface area is 96.4 Å². The average molecular weight is 222 g/mol. The maximum absolute atomic E-state index is 10.8. The third-order valence-electron chi connectivity index (χ3n) is 2.36. The second kappa shape index (κ2) is 6.88. The summed E-state index contributed by atoms with van der Waals surface area (Å²) in [5.74, 6) is 0.520. The second-order valence-electron chi connectivity index (χ2n) is 3.66. The molecule has 3 nitrogen and oxygen atoms in total. The number of ether oxygens (including phenoxy) is 2. The molecule has 0 atom stereocenters. The van der Waals surface area contributed by atoms with Crippen molar-refractivity contribution >= 4 is 6.16 Å². The summed E-state index contributed by atoms with van der Waals surface area (Å²) in [6, 6.07) is 7.54. The number of carbonyl (C=O) groups is 1. The molecule has 0 bridgehead atoms. The van der Waals surface area contributed by atoms with Crippen LogP contribution >= 0.6 is 0 Å². The zero-order valence-electron chi connectivity index (χ0n) is 9.86. The largest absolute Gasteiger partial charge is 0.513 e. The van der Waals surface area contributed by atoms with E-state index in [0.717, 1.165) is 6.42 Å². The first kappa shape index (κ1) is 12.6. The van der Waals surface area contributed by atoms with Gasteiger partial charge in [-0.25, -0.2) is 4.79 Å². The van der Waals surface area contributed by atoms with E-state index in [-0.39, 0.29) is 0 Å². The van der Waals surface area contributed by atoms with E-state index in [1.165, 1.54) is 31.9 Å². The molecule has 0 N–H and O–H groups in total. The Morgan fingerprint density at radius 2 is 1.88 bits per heavy atom. The molecule has 0 fully saturated rings. The third kappa shape index (κ3) is 4.34. The maximum Gasteiger partial charge on any atom is 0.513 e. The van der Waals surface area contributed by atoms with E-state index in [0.29, 0.717) is 5.75 Å². The number of rotatable bonds is 5. The number of hydrogen-bond acceptors (Lipinski definition) is 3. The summed E-state index contributed by atoms with van der Waals surface area (Å²) in [7, 11) is 1.29. The van der Waals surface area contributed by atoms with Gasteiger partial charge >= 0.3 is 6.16 Å². The van der Waals surface area contributed by atoms with E-state index in [4.69, 9.17) is 4.74 Å². The lowest BCUT2D eigenvalue weighted by Gasteiger charge is -2.04. The van der Waals surface area contributed by atoms with Crippen molar-refractivity contribution in [2.24, 2.45) is 0 Å². The summed E-state index contributed by atoms with van der Waals surface area (Å²) >= 11 is 0. The SMILES string of the molecule is CCCCCc1ccc(OC(=O)OC)cc1. The van der Waals surface area contributed by atoms with E-state index in [9.17, 15) is 4.79 Å². The van der Waals surface area contributed by atoms with Crippen molar-refractivity contribution < 1.29 is 14.3 Å². The minimum atomic E-state index is -0.682. The molecule has 0 aliphatic rings. The zero-order valence-corrected chi connectivity index (χ0v) is 9.86. The van der Waals surface area contributed by atoms with Gasteiger partial charge in [-0.2, -0.15) is 0 Å². The predicted molar refractivity (Wildman–Crippen MR) is 62.7 cm³/mol. The van der Waals surface area contributed by atoms with Gasteiger partial charge in [0.2, 0.25) is 0 Å². The van der Waals surface area contributed by atoms with Crippen molar-refractivity contribution in [3.63, 3.8) is 0 Å². The Morgan fingerprint density at radius 1 is 1.19 bits per heavy atom. The molecule has 0 spiro atoms. The van der Waals surface area contributed by atoms with E-state index < -0.39 is 6.16 Å². The quantitative estimate of drug-likeness (QED) is 0.434. The van der Waals surface area contributed by atoms with E-state index >= 15 is 0 Å². The molecule has 0 heterocycles. The fourth-order valence-electron chi connectivity index (χ4n) is 1.44. The minimum Gasteiger partial charge on any atom is -0.437 e. The van der Waals surface area contributed by atoms with Crippen molar-refractivity contribution in [2.45, 2.75) is 32.6 Å². The second-order valence-corrected chi connectivity index (χ2v) is 3.66. The van der Waals surface area contributed by atoms with Gasteiger partial charge in [-0.3, -0.25) is 0 Å². The van der Waals surface area contributed by atoms with Crippen LogP contribution in [0.3, 0.4) is 0 Å². The van der Waals surface area contributed by atoms with Crippen LogP contribution in [0.1, 0.15) is 31.7 Å². The Balaban J connectivity index is 2.44. The van der Waals surface area contributed by atoms with Gasteiger partial charge in [-0.1, -0.05) is 31.9 Å². The summed E-state index contributed by atoms with van der Waals surface area (Å²) in [5, 5.41) is 0. The van der Waals surface area contributed by atoms with Crippen LogP contribution in [0.2, 0.25) is 0 Å².